The summed E-state index contributed by atoms with van der Waals surface area (Å²) in [5.41, 5.74) is 1.73. The molecule has 4 aliphatic rings. The third kappa shape index (κ3) is 4.58. The summed E-state index contributed by atoms with van der Waals surface area (Å²) in [5, 5.41) is -4.97. The van der Waals surface area contributed by atoms with Gasteiger partial charge in [0.25, 0.3) is 0 Å². The zero-order chi connectivity index (χ0) is 21.7. The van der Waals surface area contributed by atoms with Crippen LogP contribution >= 0.6 is 0 Å². The number of carbonyl (C=O) groups is 1. The Morgan fingerprint density at radius 1 is 1.17 bits per heavy atom. The van der Waals surface area contributed by atoms with Crippen LogP contribution < -0.4 is 0 Å². The van der Waals surface area contributed by atoms with Crippen molar-refractivity contribution in [1.82, 2.24) is 0 Å². The van der Waals surface area contributed by atoms with E-state index < -0.39 is 26.8 Å². The van der Waals surface area contributed by atoms with Crippen LogP contribution in [0.4, 0.5) is 8.78 Å². The summed E-state index contributed by atoms with van der Waals surface area (Å²) in [5.74, 6) is -1.06. The zero-order valence-electron chi connectivity index (χ0n) is 17.2. The highest BCUT2D eigenvalue weighted by Crippen LogP contribution is 2.53. The zero-order valence-corrected chi connectivity index (χ0v) is 18.0. The van der Waals surface area contributed by atoms with E-state index in [0.717, 1.165) is 38.5 Å². The van der Waals surface area contributed by atoms with Gasteiger partial charge in [0.1, 0.15) is 6.61 Å². The number of hydrogen-bond donors (Lipinski definition) is 1. The van der Waals surface area contributed by atoms with Gasteiger partial charge >= 0.3 is 21.3 Å². The second kappa shape index (κ2) is 7.45. The second-order valence-corrected chi connectivity index (χ2v) is 11.3. The van der Waals surface area contributed by atoms with Gasteiger partial charge in [0, 0.05) is 5.41 Å². The Morgan fingerprint density at radius 3 is 2.28 bits per heavy atom. The highest BCUT2D eigenvalue weighted by molar-refractivity contribution is 7.87. The second-order valence-electron chi connectivity index (χ2n) is 9.82. The molecule has 4 aliphatic carbocycles. The van der Waals surface area contributed by atoms with Gasteiger partial charge in [0.15, 0.2) is 0 Å². The van der Waals surface area contributed by atoms with Gasteiger partial charge in [-0.3, -0.25) is 4.55 Å². The molecule has 0 heterocycles. The van der Waals surface area contributed by atoms with Crippen molar-refractivity contribution in [3.63, 3.8) is 0 Å². The first-order valence-electron chi connectivity index (χ1n) is 10.2. The Bertz CT molecular complexity index is 829. The van der Waals surface area contributed by atoms with E-state index >= 15 is 0 Å². The predicted molar refractivity (Wildman–Crippen MR) is 105 cm³/mol. The van der Waals surface area contributed by atoms with Gasteiger partial charge in [-0.15, -0.1) is 0 Å². The number of carbonyl (C=O) groups excluding carboxylic acids is 1. The first-order valence-corrected chi connectivity index (χ1v) is 11.6. The van der Waals surface area contributed by atoms with Crippen LogP contribution in [0.25, 0.3) is 0 Å². The summed E-state index contributed by atoms with van der Waals surface area (Å²) in [6.45, 7) is 5.96. The fourth-order valence-electron chi connectivity index (χ4n) is 5.36. The minimum absolute atomic E-state index is 0.148. The van der Waals surface area contributed by atoms with Crippen LogP contribution in [0.2, 0.25) is 0 Å². The standard InChI is InChI=1S/C21H30F2O5S/c1-14-4-6-17(7-5-14)20(3)11-16-8-15(9-16)10-19(2,12-20)13-28-18(24)21(22,23)29(25,26)27/h10-11,14,17H,4-9,12-13H2,1-3H3,(H,25,26,27). The van der Waals surface area contributed by atoms with E-state index in [1.54, 1.807) is 0 Å². The Morgan fingerprint density at radius 2 is 1.72 bits per heavy atom. The summed E-state index contributed by atoms with van der Waals surface area (Å²) in [6, 6.07) is 0. The third-order valence-electron chi connectivity index (χ3n) is 6.82. The van der Waals surface area contributed by atoms with Gasteiger partial charge in [0.2, 0.25) is 0 Å². The number of rotatable bonds is 5. The van der Waals surface area contributed by atoms with Crippen LogP contribution in [-0.2, 0) is 19.6 Å². The number of hydrogen-bond acceptors (Lipinski definition) is 4. The minimum atomic E-state index is -5.87. The van der Waals surface area contributed by atoms with E-state index in [1.807, 2.05) is 13.0 Å². The van der Waals surface area contributed by atoms with Gasteiger partial charge in [-0.2, -0.15) is 17.2 Å². The number of halogens is 2. The van der Waals surface area contributed by atoms with Gasteiger partial charge in [-0.1, -0.05) is 56.9 Å². The fraction of sp³-hybridized carbons (Fsp3) is 0.762. The molecule has 2 fully saturated rings. The van der Waals surface area contributed by atoms with Crippen LogP contribution in [-0.4, -0.2) is 30.8 Å². The lowest BCUT2D eigenvalue weighted by Crippen LogP contribution is -2.42. The molecule has 8 heteroatoms. The molecule has 2 atom stereocenters. The van der Waals surface area contributed by atoms with Crippen molar-refractivity contribution >= 4 is 16.1 Å². The SMILES string of the molecule is CC1CCC(C2(C)C=C3CC(=CC(C)(COC(=O)C(F)(F)S(=O)(=O)O)C2)C3)CC1. The maximum absolute atomic E-state index is 13.6. The van der Waals surface area contributed by atoms with Crippen LogP contribution in [0, 0.1) is 22.7 Å². The number of fused-ring (bicyclic) bond motifs is 4. The lowest BCUT2D eigenvalue weighted by molar-refractivity contribution is -0.164. The molecule has 2 saturated carbocycles. The Balaban J connectivity index is 1.79. The molecule has 4 rings (SSSR count). The molecule has 2 unspecified atom stereocenters. The van der Waals surface area contributed by atoms with Crippen molar-refractivity contribution < 1.29 is 31.3 Å². The molecular formula is C21H30F2O5S. The first-order chi connectivity index (χ1) is 13.2. The van der Waals surface area contributed by atoms with E-state index in [0.29, 0.717) is 18.3 Å². The molecule has 0 spiro atoms. The van der Waals surface area contributed by atoms with Crippen LogP contribution in [0.3, 0.4) is 0 Å². The molecule has 0 aromatic heterocycles. The summed E-state index contributed by atoms with van der Waals surface area (Å²) < 4.78 is 62.1. The van der Waals surface area contributed by atoms with Crippen LogP contribution in [0.1, 0.15) is 65.7 Å². The Labute approximate surface area is 171 Å². The predicted octanol–water partition coefficient (Wildman–Crippen LogP) is 4.90. The van der Waals surface area contributed by atoms with Crippen LogP contribution in [0.15, 0.2) is 23.3 Å². The molecule has 29 heavy (non-hydrogen) atoms. The quantitative estimate of drug-likeness (QED) is 0.380. The Kier molecular flexibility index (Phi) is 5.75. The van der Waals surface area contributed by atoms with Crippen molar-refractivity contribution in [2.45, 2.75) is 71.0 Å². The van der Waals surface area contributed by atoms with Crippen molar-refractivity contribution in [2.24, 2.45) is 22.7 Å². The van der Waals surface area contributed by atoms with Crippen molar-refractivity contribution in [2.75, 3.05) is 6.61 Å². The lowest BCUT2D eigenvalue weighted by Gasteiger charge is -2.47. The van der Waals surface area contributed by atoms with Crippen LogP contribution in [0.5, 0.6) is 0 Å². The van der Waals surface area contributed by atoms with Gasteiger partial charge in [-0.25, -0.2) is 4.79 Å². The third-order valence-corrected chi connectivity index (χ3v) is 7.64. The van der Waals surface area contributed by atoms with Crippen molar-refractivity contribution in [3.05, 3.63) is 23.3 Å². The molecule has 2 bridgehead atoms. The van der Waals surface area contributed by atoms with Gasteiger partial charge in [0.05, 0.1) is 0 Å². The molecule has 0 aromatic carbocycles. The van der Waals surface area contributed by atoms with E-state index in [-0.39, 0.29) is 12.0 Å². The van der Waals surface area contributed by atoms with Gasteiger partial charge < -0.3 is 4.74 Å². The number of allylic oxidation sites excluding steroid dienone is 3. The summed E-state index contributed by atoms with van der Waals surface area (Å²) in [4.78, 5) is 11.7. The molecular weight excluding hydrogens is 402 g/mol. The maximum Gasteiger partial charge on any atom is 0.465 e. The summed E-state index contributed by atoms with van der Waals surface area (Å²) in [7, 11) is -5.87. The molecule has 1 N–H and O–H groups in total. The molecule has 0 aromatic rings. The average molecular weight is 433 g/mol. The number of ether oxygens (including phenoxy) is 1. The highest BCUT2D eigenvalue weighted by Gasteiger charge is 2.55. The molecule has 0 aliphatic heterocycles. The minimum Gasteiger partial charge on any atom is -0.459 e. The lowest BCUT2D eigenvalue weighted by atomic mass is 9.58. The summed E-state index contributed by atoms with van der Waals surface area (Å²) >= 11 is 0. The van der Waals surface area contributed by atoms with E-state index in [2.05, 4.69) is 19.9 Å². The normalized spacial score (nSPS) is 35.5. The largest absolute Gasteiger partial charge is 0.465 e. The van der Waals surface area contributed by atoms with Crippen molar-refractivity contribution in [3.8, 4) is 0 Å². The average Bonchev–Trinajstić information content (AvgIpc) is 2.55. The molecule has 0 amide bonds. The molecule has 164 valence electrons. The topological polar surface area (TPSA) is 80.7 Å². The van der Waals surface area contributed by atoms with E-state index in [1.165, 1.54) is 11.1 Å². The van der Waals surface area contributed by atoms with E-state index in [9.17, 15) is 22.0 Å². The summed E-state index contributed by atoms with van der Waals surface area (Å²) in [6.07, 6.45) is 11.2. The smallest absolute Gasteiger partial charge is 0.459 e. The maximum atomic E-state index is 13.6. The molecule has 0 saturated heterocycles. The monoisotopic (exact) mass is 432 g/mol. The number of esters is 1. The van der Waals surface area contributed by atoms with E-state index in [4.69, 9.17) is 9.29 Å². The fourth-order valence-corrected chi connectivity index (χ4v) is 5.63. The van der Waals surface area contributed by atoms with Crippen molar-refractivity contribution in [1.29, 1.82) is 0 Å². The highest BCUT2D eigenvalue weighted by atomic mass is 32.2. The first kappa shape index (κ1) is 22.4. The Hall–Kier alpha value is -1.28. The molecule has 5 nitrogen and oxygen atoms in total. The molecule has 0 radical (unpaired) electrons. The number of alkyl halides is 2. The van der Waals surface area contributed by atoms with Gasteiger partial charge in [-0.05, 0) is 49.4 Å².